The molecule has 11 heavy (non-hydrogen) atoms. The maximum Gasteiger partial charge on any atom is 0.0513 e. The Labute approximate surface area is 72.7 Å². The molecule has 0 heterocycles. The monoisotopic (exact) mass is 170 g/mol. The van der Waals surface area contributed by atoms with Gasteiger partial charge in [0.25, 0.3) is 0 Å². The van der Waals surface area contributed by atoms with Gasteiger partial charge in [0.2, 0.25) is 0 Å². The van der Waals surface area contributed by atoms with Crippen molar-refractivity contribution < 1.29 is 0 Å². The first-order chi connectivity index (χ1) is 4.98. The average molecular weight is 170 g/mol. The molecule has 0 aromatic rings. The minimum absolute atomic E-state index is 0.887. The van der Waals surface area contributed by atoms with Crippen molar-refractivity contribution in [3.8, 4) is 0 Å². The second-order valence-corrected chi connectivity index (χ2v) is 9.58. The Bertz CT molecular complexity index is 125. The predicted octanol–water partition coefficient (Wildman–Crippen LogP) is 4.07. The van der Waals surface area contributed by atoms with Crippen molar-refractivity contribution in [3.05, 3.63) is 12.2 Å². The van der Waals surface area contributed by atoms with Gasteiger partial charge in [-0.25, -0.2) is 0 Å². The van der Waals surface area contributed by atoms with E-state index in [4.69, 9.17) is 0 Å². The summed E-state index contributed by atoms with van der Waals surface area (Å²) in [7, 11) is -0.887. The third kappa shape index (κ3) is 6.36. The van der Waals surface area contributed by atoms with Crippen LogP contribution in [0.5, 0.6) is 0 Å². The summed E-state index contributed by atoms with van der Waals surface area (Å²) in [4.78, 5) is 0. The predicted molar refractivity (Wildman–Crippen MR) is 56.8 cm³/mol. The van der Waals surface area contributed by atoms with Crippen LogP contribution in [0.1, 0.15) is 26.7 Å². The fourth-order valence-electron chi connectivity index (χ4n) is 1.56. The summed E-state index contributed by atoms with van der Waals surface area (Å²) in [6, 6.07) is 2.78. The van der Waals surface area contributed by atoms with Crippen LogP contribution in [-0.4, -0.2) is 8.07 Å². The zero-order valence-corrected chi connectivity index (χ0v) is 9.54. The van der Waals surface area contributed by atoms with E-state index in [2.05, 4.69) is 33.5 Å². The van der Waals surface area contributed by atoms with E-state index in [1.165, 1.54) is 30.5 Å². The van der Waals surface area contributed by atoms with Gasteiger partial charge in [-0.1, -0.05) is 44.5 Å². The molecule has 0 saturated carbocycles. The highest BCUT2D eigenvalue weighted by molar-refractivity contribution is 6.77. The first-order valence-corrected chi connectivity index (χ1v) is 8.04. The third-order valence-corrected chi connectivity index (χ3v) is 5.26. The highest BCUT2D eigenvalue weighted by Crippen LogP contribution is 2.21. The molecule has 0 unspecified atom stereocenters. The average Bonchev–Trinajstić information content (AvgIpc) is 1.81. The summed E-state index contributed by atoms with van der Waals surface area (Å²) in [5.74, 6) is 0. The van der Waals surface area contributed by atoms with Crippen LogP contribution in [0.4, 0.5) is 0 Å². The van der Waals surface area contributed by atoms with Gasteiger partial charge in [0.15, 0.2) is 0 Å². The fraction of sp³-hybridized carbons (Fsp3) is 0.800. The third-order valence-electron chi connectivity index (χ3n) is 1.99. The van der Waals surface area contributed by atoms with Crippen LogP contribution < -0.4 is 0 Å². The molecular formula is C10H22Si. The molecule has 0 radical (unpaired) electrons. The normalized spacial score (nSPS) is 11.6. The molecule has 0 spiro atoms. The van der Waals surface area contributed by atoms with Crippen molar-refractivity contribution in [1.82, 2.24) is 0 Å². The van der Waals surface area contributed by atoms with Crippen molar-refractivity contribution >= 4 is 8.07 Å². The first-order valence-electron chi connectivity index (χ1n) is 4.62. The molecule has 0 bridgehead atoms. The van der Waals surface area contributed by atoms with Crippen LogP contribution in [0.2, 0.25) is 25.2 Å². The molecule has 0 saturated heterocycles. The van der Waals surface area contributed by atoms with E-state index in [1.54, 1.807) is 0 Å². The molecule has 0 aromatic heterocycles. The summed E-state index contributed by atoms with van der Waals surface area (Å²) < 4.78 is 0. The van der Waals surface area contributed by atoms with Crippen molar-refractivity contribution in [2.75, 3.05) is 0 Å². The Balaban J connectivity index is 3.70. The van der Waals surface area contributed by atoms with Crippen molar-refractivity contribution in [2.24, 2.45) is 0 Å². The van der Waals surface area contributed by atoms with E-state index >= 15 is 0 Å². The number of unbranched alkanes of at least 4 members (excludes halogenated alkanes) is 1. The van der Waals surface area contributed by atoms with Gasteiger partial charge < -0.3 is 0 Å². The number of hydrogen-bond donors (Lipinski definition) is 0. The fourth-order valence-corrected chi connectivity index (χ4v) is 4.68. The van der Waals surface area contributed by atoms with Crippen LogP contribution in [0, 0.1) is 0 Å². The Morgan fingerprint density at radius 3 is 2.27 bits per heavy atom. The van der Waals surface area contributed by atoms with E-state index in [0.29, 0.717) is 0 Å². The van der Waals surface area contributed by atoms with Gasteiger partial charge in [0.1, 0.15) is 0 Å². The number of allylic oxidation sites excluding steroid dienone is 1. The van der Waals surface area contributed by atoms with E-state index in [-0.39, 0.29) is 0 Å². The molecule has 0 N–H and O–H groups in total. The van der Waals surface area contributed by atoms with Gasteiger partial charge in [-0.15, -0.1) is 6.58 Å². The maximum atomic E-state index is 3.98. The maximum absolute atomic E-state index is 3.98. The number of rotatable bonds is 5. The van der Waals surface area contributed by atoms with Crippen LogP contribution in [0.25, 0.3) is 0 Å². The van der Waals surface area contributed by atoms with Gasteiger partial charge in [0, 0.05) is 0 Å². The highest BCUT2D eigenvalue weighted by Gasteiger charge is 2.18. The summed E-state index contributed by atoms with van der Waals surface area (Å²) in [6.07, 6.45) is 2.75. The van der Waals surface area contributed by atoms with Gasteiger partial charge >= 0.3 is 0 Å². The van der Waals surface area contributed by atoms with Crippen molar-refractivity contribution in [2.45, 2.75) is 51.9 Å². The van der Waals surface area contributed by atoms with E-state index in [0.717, 1.165) is 0 Å². The molecule has 0 aromatic carbocycles. The van der Waals surface area contributed by atoms with Crippen LogP contribution in [0.3, 0.4) is 0 Å². The summed E-state index contributed by atoms with van der Waals surface area (Å²) in [5.41, 5.74) is 1.37. The van der Waals surface area contributed by atoms with Crippen LogP contribution in [0.15, 0.2) is 12.2 Å². The van der Waals surface area contributed by atoms with E-state index in [9.17, 15) is 0 Å². The van der Waals surface area contributed by atoms with Crippen molar-refractivity contribution in [1.29, 1.82) is 0 Å². The zero-order valence-electron chi connectivity index (χ0n) is 8.54. The summed E-state index contributed by atoms with van der Waals surface area (Å²) in [5, 5.41) is 0. The molecular weight excluding hydrogens is 148 g/mol. The largest absolute Gasteiger partial charge is 0.100 e. The molecule has 0 fully saturated rings. The molecule has 1 heteroatoms. The van der Waals surface area contributed by atoms with Gasteiger partial charge in [-0.2, -0.15) is 0 Å². The molecule has 0 nitrogen and oxygen atoms in total. The minimum Gasteiger partial charge on any atom is -0.100 e. The topological polar surface area (TPSA) is 0 Å². The lowest BCUT2D eigenvalue weighted by molar-refractivity contribution is 0.865. The molecule has 0 amide bonds. The van der Waals surface area contributed by atoms with Gasteiger partial charge in [-0.3, -0.25) is 0 Å². The van der Waals surface area contributed by atoms with Gasteiger partial charge in [0.05, 0.1) is 8.07 Å². The van der Waals surface area contributed by atoms with Crippen LogP contribution >= 0.6 is 0 Å². The van der Waals surface area contributed by atoms with Gasteiger partial charge in [-0.05, 0) is 13.0 Å². The molecule has 0 atom stereocenters. The molecule has 0 aliphatic rings. The molecule has 66 valence electrons. The Morgan fingerprint density at radius 1 is 1.36 bits per heavy atom. The highest BCUT2D eigenvalue weighted by atomic mass is 28.3. The van der Waals surface area contributed by atoms with Crippen LogP contribution in [-0.2, 0) is 0 Å². The zero-order chi connectivity index (χ0) is 8.91. The molecule has 0 rings (SSSR count). The van der Waals surface area contributed by atoms with E-state index < -0.39 is 8.07 Å². The quantitative estimate of drug-likeness (QED) is 0.431. The minimum atomic E-state index is -0.887. The lowest BCUT2D eigenvalue weighted by Gasteiger charge is -2.21. The molecule has 0 aliphatic carbocycles. The number of hydrogen-bond acceptors (Lipinski definition) is 0. The smallest absolute Gasteiger partial charge is 0.0513 e. The standard InChI is InChI=1S/C10H22Si/c1-6-7-8-11(4,5)9-10(2)3/h2,6-9H2,1,3-5H3. The Morgan fingerprint density at radius 2 is 1.91 bits per heavy atom. The Hall–Kier alpha value is -0.0431. The molecule has 0 aliphatic heterocycles. The van der Waals surface area contributed by atoms with E-state index in [1.807, 2.05) is 0 Å². The Kier molecular flexibility index (Phi) is 4.74. The van der Waals surface area contributed by atoms with Crippen molar-refractivity contribution in [3.63, 3.8) is 0 Å². The second-order valence-electron chi connectivity index (χ2n) is 4.40. The second kappa shape index (κ2) is 4.76. The summed E-state index contributed by atoms with van der Waals surface area (Å²) >= 11 is 0. The SMILES string of the molecule is C=C(C)C[Si](C)(C)CCCC. The lowest BCUT2D eigenvalue weighted by Crippen LogP contribution is -2.24. The lowest BCUT2D eigenvalue weighted by atomic mass is 10.4. The summed E-state index contributed by atoms with van der Waals surface area (Å²) in [6.45, 7) is 13.3. The first kappa shape index (κ1) is 11.0.